The molecule has 5 heteroatoms. The van der Waals surface area contributed by atoms with Gasteiger partial charge < -0.3 is 10.2 Å². The lowest BCUT2D eigenvalue weighted by molar-refractivity contribution is 0.0912. The summed E-state index contributed by atoms with van der Waals surface area (Å²) in [4.78, 5) is 11.3. The lowest BCUT2D eigenvalue weighted by atomic mass is 9.85. The molecule has 0 aliphatic rings. The third kappa shape index (κ3) is 5.27. The molecule has 0 saturated carbocycles. The molecule has 1 aromatic rings. The van der Waals surface area contributed by atoms with E-state index in [0.29, 0.717) is 0 Å². The van der Waals surface area contributed by atoms with Crippen LogP contribution >= 0.6 is 0 Å². The molecule has 1 rings (SSSR count). The normalized spacial score (nSPS) is 12.3. The second kappa shape index (κ2) is 5.93. The minimum Gasteiger partial charge on any atom is -0.508 e. The van der Waals surface area contributed by atoms with Crippen molar-refractivity contribution in [2.75, 3.05) is 0 Å². The van der Waals surface area contributed by atoms with Gasteiger partial charge in [0.2, 0.25) is 0 Å². The van der Waals surface area contributed by atoms with Crippen molar-refractivity contribution in [3.63, 3.8) is 0 Å². The van der Waals surface area contributed by atoms with Crippen LogP contribution in [0.2, 0.25) is 0 Å². The van der Waals surface area contributed by atoms with Gasteiger partial charge in [0.15, 0.2) is 0 Å². The number of benzene rings is 1. The van der Waals surface area contributed by atoms with Gasteiger partial charge in [0.05, 0.1) is 6.54 Å². The summed E-state index contributed by atoms with van der Waals surface area (Å²) in [6, 6.07) is 5.22. The average molecular weight is 294 g/mol. The SMILES string of the molecule is CC(C)(C)NN(Cc1ccc(O)c(C(C)(C)C)c1)C(=O)O. The van der Waals surface area contributed by atoms with Crippen molar-refractivity contribution >= 4 is 6.09 Å². The quantitative estimate of drug-likeness (QED) is 0.746. The van der Waals surface area contributed by atoms with Gasteiger partial charge in [0.1, 0.15) is 5.75 Å². The number of carbonyl (C=O) groups is 1. The Balaban J connectivity index is 3.03. The van der Waals surface area contributed by atoms with Gasteiger partial charge in [0.25, 0.3) is 0 Å². The molecule has 0 heterocycles. The maximum Gasteiger partial charge on any atom is 0.422 e. The van der Waals surface area contributed by atoms with E-state index in [1.165, 1.54) is 5.01 Å². The Bertz CT molecular complexity index is 513. The monoisotopic (exact) mass is 294 g/mol. The van der Waals surface area contributed by atoms with Gasteiger partial charge in [-0.1, -0.05) is 26.8 Å². The minimum atomic E-state index is -1.03. The molecule has 0 fully saturated rings. The number of nitrogens with one attached hydrogen (secondary N) is 1. The molecule has 118 valence electrons. The standard InChI is InChI=1S/C16H26N2O3/c1-15(2,3)12-9-11(7-8-13(12)19)10-18(14(20)21)17-16(4,5)6/h7-9,17,19H,10H2,1-6H3,(H,20,21). The highest BCUT2D eigenvalue weighted by atomic mass is 16.4. The second-order valence-electron chi connectivity index (χ2n) is 7.33. The van der Waals surface area contributed by atoms with Gasteiger partial charge in [-0.2, -0.15) is 0 Å². The largest absolute Gasteiger partial charge is 0.508 e. The molecule has 21 heavy (non-hydrogen) atoms. The number of nitrogens with zero attached hydrogens (tertiary/aromatic N) is 1. The number of carboxylic acid groups (broad SMARTS) is 1. The number of phenols is 1. The molecule has 0 saturated heterocycles. The summed E-state index contributed by atoms with van der Waals surface area (Å²) in [5.74, 6) is 0.233. The molecular formula is C16H26N2O3. The highest BCUT2D eigenvalue weighted by Crippen LogP contribution is 2.31. The summed E-state index contributed by atoms with van der Waals surface area (Å²) in [6.07, 6.45) is -1.03. The molecule has 0 radical (unpaired) electrons. The van der Waals surface area contributed by atoms with E-state index in [9.17, 15) is 15.0 Å². The van der Waals surface area contributed by atoms with E-state index in [2.05, 4.69) is 5.43 Å². The first kappa shape index (κ1) is 17.3. The topological polar surface area (TPSA) is 72.8 Å². The third-order valence-electron chi connectivity index (χ3n) is 2.91. The Morgan fingerprint density at radius 2 is 1.76 bits per heavy atom. The van der Waals surface area contributed by atoms with E-state index >= 15 is 0 Å². The first-order valence-electron chi connectivity index (χ1n) is 7.01. The molecule has 3 N–H and O–H groups in total. The van der Waals surface area contributed by atoms with Crippen molar-refractivity contribution in [2.24, 2.45) is 0 Å². The third-order valence-corrected chi connectivity index (χ3v) is 2.91. The van der Waals surface area contributed by atoms with Crippen LogP contribution < -0.4 is 5.43 Å². The van der Waals surface area contributed by atoms with Crippen LogP contribution in [0, 0.1) is 0 Å². The highest BCUT2D eigenvalue weighted by Gasteiger charge is 2.22. The highest BCUT2D eigenvalue weighted by molar-refractivity contribution is 5.64. The van der Waals surface area contributed by atoms with Crippen molar-refractivity contribution in [2.45, 2.75) is 59.0 Å². The molecule has 0 aliphatic carbocycles. The lowest BCUT2D eigenvalue weighted by Gasteiger charge is -2.30. The fourth-order valence-electron chi connectivity index (χ4n) is 2.02. The van der Waals surface area contributed by atoms with Gasteiger partial charge in [-0.25, -0.2) is 15.2 Å². The minimum absolute atomic E-state index is 0.203. The number of hydrazine groups is 1. The number of aromatic hydroxyl groups is 1. The molecule has 0 bridgehead atoms. The predicted molar refractivity (Wildman–Crippen MR) is 83.3 cm³/mol. The zero-order chi connectivity index (χ0) is 16.4. The number of amides is 1. The Kier molecular flexibility index (Phi) is 4.89. The van der Waals surface area contributed by atoms with Crippen molar-refractivity contribution in [1.82, 2.24) is 10.4 Å². The van der Waals surface area contributed by atoms with Crippen LogP contribution in [0.5, 0.6) is 5.75 Å². The van der Waals surface area contributed by atoms with Gasteiger partial charge in [-0.3, -0.25) is 0 Å². The van der Waals surface area contributed by atoms with Crippen LogP contribution in [-0.2, 0) is 12.0 Å². The Morgan fingerprint density at radius 3 is 2.19 bits per heavy atom. The number of hydrogen-bond acceptors (Lipinski definition) is 3. The summed E-state index contributed by atoms with van der Waals surface area (Å²) in [7, 11) is 0. The maximum atomic E-state index is 11.3. The zero-order valence-corrected chi connectivity index (χ0v) is 13.7. The van der Waals surface area contributed by atoms with E-state index in [0.717, 1.165) is 11.1 Å². The number of phenolic OH excluding ortho intramolecular Hbond substituents is 1. The van der Waals surface area contributed by atoms with Crippen LogP contribution in [0.25, 0.3) is 0 Å². The summed E-state index contributed by atoms with van der Waals surface area (Å²) in [5.41, 5.74) is 4.04. The Labute approximate surface area is 126 Å². The molecule has 0 aromatic heterocycles. The van der Waals surface area contributed by atoms with E-state index in [-0.39, 0.29) is 23.2 Å². The summed E-state index contributed by atoms with van der Waals surface area (Å²) in [6.45, 7) is 12.0. The Morgan fingerprint density at radius 1 is 1.19 bits per heavy atom. The maximum absolute atomic E-state index is 11.3. The van der Waals surface area contributed by atoms with Gasteiger partial charge in [-0.15, -0.1) is 0 Å². The van der Waals surface area contributed by atoms with Crippen LogP contribution in [-0.4, -0.2) is 26.9 Å². The van der Waals surface area contributed by atoms with Gasteiger partial charge >= 0.3 is 6.09 Å². The fraction of sp³-hybridized carbons (Fsp3) is 0.562. The van der Waals surface area contributed by atoms with Crippen LogP contribution in [0.15, 0.2) is 18.2 Å². The van der Waals surface area contributed by atoms with Gasteiger partial charge in [0, 0.05) is 5.54 Å². The summed E-state index contributed by atoms with van der Waals surface area (Å²) < 4.78 is 0. The first-order valence-corrected chi connectivity index (χ1v) is 7.01. The van der Waals surface area contributed by atoms with E-state index in [4.69, 9.17) is 0 Å². The van der Waals surface area contributed by atoms with E-state index in [1.54, 1.807) is 12.1 Å². The van der Waals surface area contributed by atoms with Crippen LogP contribution in [0.4, 0.5) is 4.79 Å². The molecule has 1 amide bonds. The lowest BCUT2D eigenvalue weighted by Crippen LogP contribution is -2.51. The van der Waals surface area contributed by atoms with E-state index < -0.39 is 6.09 Å². The molecule has 0 atom stereocenters. The molecular weight excluding hydrogens is 268 g/mol. The molecule has 0 spiro atoms. The zero-order valence-electron chi connectivity index (χ0n) is 13.7. The van der Waals surface area contributed by atoms with Crippen molar-refractivity contribution in [3.8, 4) is 5.75 Å². The van der Waals surface area contributed by atoms with Gasteiger partial charge in [-0.05, 0) is 49.4 Å². The molecule has 0 unspecified atom stereocenters. The van der Waals surface area contributed by atoms with E-state index in [1.807, 2.05) is 47.6 Å². The summed E-state index contributed by atoms with van der Waals surface area (Å²) >= 11 is 0. The second-order valence-corrected chi connectivity index (χ2v) is 7.33. The number of hydrogen-bond donors (Lipinski definition) is 3. The fourth-order valence-corrected chi connectivity index (χ4v) is 2.02. The molecule has 1 aromatic carbocycles. The Hall–Kier alpha value is -1.75. The van der Waals surface area contributed by atoms with Crippen molar-refractivity contribution in [1.29, 1.82) is 0 Å². The van der Waals surface area contributed by atoms with Crippen molar-refractivity contribution in [3.05, 3.63) is 29.3 Å². The smallest absolute Gasteiger partial charge is 0.422 e. The number of rotatable bonds is 3. The van der Waals surface area contributed by atoms with Crippen LogP contribution in [0.1, 0.15) is 52.7 Å². The van der Waals surface area contributed by atoms with Crippen molar-refractivity contribution < 1.29 is 15.0 Å². The summed E-state index contributed by atoms with van der Waals surface area (Å²) in [5, 5.41) is 20.4. The first-order chi connectivity index (χ1) is 9.40. The molecule has 5 nitrogen and oxygen atoms in total. The molecule has 0 aliphatic heterocycles. The average Bonchev–Trinajstić information content (AvgIpc) is 2.27. The van der Waals surface area contributed by atoms with Crippen LogP contribution in [0.3, 0.4) is 0 Å². The predicted octanol–water partition coefficient (Wildman–Crippen LogP) is 3.47.